The largest absolute Gasteiger partial charge is 0.361 e. The molecule has 90 valence electrons. The molecule has 0 N–H and O–H groups in total. The molecule has 2 heterocycles. The fourth-order valence-corrected chi connectivity index (χ4v) is 1.84. The maximum absolute atomic E-state index is 6.01. The van der Waals surface area contributed by atoms with Crippen LogP contribution in [0.15, 0.2) is 10.6 Å². The molecule has 0 bridgehead atoms. The average Bonchev–Trinajstić information content (AvgIpc) is 2.57. The van der Waals surface area contributed by atoms with E-state index in [4.69, 9.17) is 16.1 Å². The fourth-order valence-electron chi connectivity index (χ4n) is 1.64. The van der Waals surface area contributed by atoms with Crippen molar-refractivity contribution in [3.05, 3.63) is 28.4 Å². The van der Waals surface area contributed by atoms with Gasteiger partial charge in [0.1, 0.15) is 10.9 Å². The van der Waals surface area contributed by atoms with Crippen molar-refractivity contribution in [3.8, 4) is 11.4 Å². The van der Waals surface area contributed by atoms with E-state index < -0.39 is 0 Å². The van der Waals surface area contributed by atoms with E-state index in [2.05, 4.69) is 29.0 Å². The Labute approximate surface area is 105 Å². The zero-order valence-electron chi connectivity index (χ0n) is 10.3. The van der Waals surface area contributed by atoms with Crippen molar-refractivity contribution in [1.82, 2.24) is 15.1 Å². The van der Waals surface area contributed by atoms with E-state index >= 15 is 0 Å². The van der Waals surface area contributed by atoms with Crippen molar-refractivity contribution in [1.29, 1.82) is 0 Å². The zero-order chi connectivity index (χ0) is 12.6. The first-order valence-corrected chi connectivity index (χ1v) is 5.84. The molecular weight excluding hydrogens is 238 g/mol. The van der Waals surface area contributed by atoms with Gasteiger partial charge in [0.15, 0.2) is 5.82 Å². The van der Waals surface area contributed by atoms with E-state index in [0.717, 1.165) is 17.0 Å². The highest BCUT2D eigenvalue weighted by atomic mass is 35.5. The van der Waals surface area contributed by atoms with Gasteiger partial charge in [-0.3, -0.25) is 0 Å². The summed E-state index contributed by atoms with van der Waals surface area (Å²) in [7, 11) is 0. The number of nitrogens with zero attached hydrogens (tertiary/aromatic N) is 3. The Hall–Kier alpha value is -1.42. The van der Waals surface area contributed by atoms with Gasteiger partial charge in [-0.05, 0) is 25.8 Å². The second-order valence-corrected chi connectivity index (χ2v) is 4.68. The van der Waals surface area contributed by atoms with Crippen LogP contribution in [0.4, 0.5) is 0 Å². The van der Waals surface area contributed by atoms with Crippen molar-refractivity contribution in [2.45, 2.75) is 33.6 Å². The summed E-state index contributed by atoms with van der Waals surface area (Å²) in [5, 5.41) is 4.34. The van der Waals surface area contributed by atoms with Gasteiger partial charge in [-0.15, -0.1) is 0 Å². The van der Waals surface area contributed by atoms with Gasteiger partial charge in [-0.25, -0.2) is 9.97 Å². The smallest absolute Gasteiger partial charge is 0.166 e. The molecule has 0 aliphatic carbocycles. The summed E-state index contributed by atoms with van der Waals surface area (Å²) in [4.78, 5) is 8.74. The lowest BCUT2D eigenvalue weighted by Gasteiger charge is -2.07. The molecule has 0 atom stereocenters. The summed E-state index contributed by atoms with van der Waals surface area (Å²) >= 11 is 6.01. The van der Waals surface area contributed by atoms with Crippen LogP contribution >= 0.6 is 11.6 Å². The van der Waals surface area contributed by atoms with E-state index in [1.165, 1.54) is 0 Å². The Bertz CT molecular complexity index is 529. The van der Waals surface area contributed by atoms with Crippen LogP contribution in [-0.4, -0.2) is 15.1 Å². The predicted molar refractivity (Wildman–Crippen MR) is 66.1 cm³/mol. The van der Waals surface area contributed by atoms with Crippen LogP contribution in [0.1, 0.15) is 36.9 Å². The number of hydrogen-bond donors (Lipinski definition) is 0. The monoisotopic (exact) mass is 251 g/mol. The first kappa shape index (κ1) is 12.0. The number of aromatic nitrogens is 3. The maximum atomic E-state index is 6.01. The molecule has 17 heavy (non-hydrogen) atoms. The van der Waals surface area contributed by atoms with E-state index in [9.17, 15) is 0 Å². The zero-order valence-corrected chi connectivity index (χ0v) is 11.0. The van der Waals surface area contributed by atoms with Crippen molar-refractivity contribution < 1.29 is 4.52 Å². The Morgan fingerprint density at radius 2 is 1.94 bits per heavy atom. The molecule has 0 aliphatic heterocycles. The van der Waals surface area contributed by atoms with Crippen molar-refractivity contribution >= 4 is 11.6 Å². The van der Waals surface area contributed by atoms with Crippen molar-refractivity contribution in [2.24, 2.45) is 0 Å². The van der Waals surface area contributed by atoms with E-state index in [-0.39, 0.29) is 0 Å². The van der Waals surface area contributed by atoms with Gasteiger partial charge in [-0.2, -0.15) is 0 Å². The highest BCUT2D eigenvalue weighted by Gasteiger charge is 2.16. The number of hydrogen-bond acceptors (Lipinski definition) is 4. The Morgan fingerprint density at radius 1 is 1.24 bits per heavy atom. The molecule has 2 aromatic heterocycles. The van der Waals surface area contributed by atoms with E-state index in [1.54, 1.807) is 6.07 Å². The first-order chi connectivity index (χ1) is 7.99. The van der Waals surface area contributed by atoms with Crippen molar-refractivity contribution in [3.63, 3.8) is 0 Å². The number of rotatable bonds is 2. The topological polar surface area (TPSA) is 51.8 Å². The second kappa shape index (κ2) is 4.45. The minimum atomic E-state index is 0.301. The normalized spacial score (nSPS) is 11.2. The van der Waals surface area contributed by atoms with Gasteiger partial charge in [0.25, 0.3) is 0 Å². The molecule has 0 spiro atoms. The van der Waals surface area contributed by atoms with E-state index in [0.29, 0.717) is 22.7 Å². The summed E-state index contributed by atoms with van der Waals surface area (Å²) < 4.78 is 5.12. The standard InChI is InChI=1S/C12H14ClN3O/c1-6(2)9-5-10(13)15-12(14-9)11-7(3)16-17-8(11)4/h5-6H,1-4H3. The summed E-state index contributed by atoms with van der Waals surface area (Å²) in [5.41, 5.74) is 2.52. The SMILES string of the molecule is Cc1noc(C)c1-c1nc(Cl)cc(C(C)C)n1. The van der Waals surface area contributed by atoms with Crippen LogP contribution in [-0.2, 0) is 0 Å². The minimum absolute atomic E-state index is 0.301. The Morgan fingerprint density at radius 3 is 2.47 bits per heavy atom. The third-order valence-corrected chi connectivity index (χ3v) is 2.76. The van der Waals surface area contributed by atoms with Gasteiger partial charge in [-0.1, -0.05) is 30.6 Å². The summed E-state index contributed by atoms with van der Waals surface area (Å²) in [6.07, 6.45) is 0. The molecule has 2 rings (SSSR count). The van der Waals surface area contributed by atoms with Gasteiger partial charge in [0.05, 0.1) is 11.3 Å². The molecule has 2 aromatic rings. The predicted octanol–water partition coefficient (Wildman–Crippen LogP) is 3.53. The fraction of sp³-hybridized carbons (Fsp3) is 0.417. The third-order valence-electron chi connectivity index (χ3n) is 2.56. The molecule has 5 heteroatoms. The molecule has 4 nitrogen and oxygen atoms in total. The molecule has 0 fully saturated rings. The van der Waals surface area contributed by atoms with Gasteiger partial charge in [0.2, 0.25) is 0 Å². The molecular formula is C12H14ClN3O. The quantitative estimate of drug-likeness (QED) is 0.767. The van der Waals surface area contributed by atoms with Gasteiger partial charge in [0, 0.05) is 5.69 Å². The summed E-state index contributed by atoms with van der Waals surface area (Å²) in [6.45, 7) is 7.84. The van der Waals surface area contributed by atoms with Crippen LogP contribution in [0.5, 0.6) is 0 Å². The summed E-state index contributed by atoms with van der Waals surface area (Å²) in [5.74, 6) is 1.59. The lowest BCUT2D eigenvalue weighted by molar-refractivity contribution is 0.393. The van der Waals surface area contributed by atoms with Gasteiger partial charge >= 0.3 is 0 Å². The lowest BCUT2D eigenvalue weighted by atomic mass is 10.1. The molecule has 0 unspecified atom stereocenters. The molecule has 0 radical (unpaired) electrons. The second-order valence-electron chi connectivity index (χ2n) is 4.29. The average molecular weight is 252 g/mol. The maximum Gasteiger partial charge on any atom is 0.166 e. The van der Waals surface area contributed by atoms with Crippen LogP contribution < -0.4 is 0 Å². The molecule has 0 amide bonds. The van der Waals surface area contributed by atoms with Crippen LogP contribution in [0.25, 0.3) is 11.4 Å². The number of aryl methyl sites for hydroxylation is 2. The van der Waals surface area contributed by atoms with Gasteiger partial charge < -0.3 is 4.52 Å². The molecule has 0 saturated carbocycles. The lowest BCUT2D eigenvalue weighted by Crippen LogP contribution is -1.99. The minimum Gasteiger partial charge on any atom is -0.361 e. The highest BCUT2D eigenvalue weighted by Crippen LogP contribution is 2.26. The molecule has 0 saturated heterocycles. The third kappa shape index (κ3) is 2.31. The van der Waals surface area contributed by atoms with Crippen LogP contribution in [0, 0.1) is 13.8 Å². The molecule has 0 aliphatic rings. The van der Waals surface area contributed by atoms with Crippen LogP contribution in [0.3, 0.4) is 0 Å². The summed E-state index contributed by atoms with van der Waals surface area (Å²) in [6, 6.07) is 1.79. The van der Waals surface area contributed by atoms with E-state index in [1.807, 2.05) is 13.8 Å². The first-order valence-electron chi connectivity index (χ1n) is 5.46. The Balaban J connectivity index is 2.60. The van der Waals surface area contributed by atoms with Crippen molar-refractivity contribution in [2.75, 3.05) is 0 Å². The molecule has 0 aromatic carbocycles. The number of halogens is 1. The highest BCUT2D eigenvalue weighted by molar-refractivity contribution is 6.29. The van der Waals surface area contributed by atoms with Crippen LogP contribution in [0.2, 0.25) is 5.15 Å². The Kier molecular flexibility index (Phi) is 3.15.